The molecule has 0 spiro atoms. The molecule has 1 heterocycles. The number of benzene rings is 2. The molecule has 4 N–H and O–H groups in total. The molecule has 0 aliphatic carbocycles. The van der Waals surface area contributed by atoms with Crippen LogP contribution in [0.5, 0.6) is 0 Å². The van der Waals surface area contributed by atoms with E-state index in [0.29, 0.717) is 29.2 Å². The Morgan fingerprint density at radius 3 is 2.52 bits per heavy atom. The smallest absolute Gasteiger partial charge is 0.256 e. The van der Waals surface area contributed by atoms with E-state index in [0.717, 1.165) is 28.9 Å². The van der Waals surface area contributed by atoms with Crippen molar-refractivity contribution in [3.63, 3.8) is 0 Å². The first-order chi connectivity index (χ1) is 13.9. The molecule has 0 aliphatic heterocycles. The number of aryl methyl sites for hydroxylation is 1. The number of nitrogens with zero attached hydrogens (tertiary/aromatic N) is 2. The second-order valence-electron chi connectivity index (χ2n) is 6.88. The first-order valence-electron chi connectivity index (χ1n) is 9.46. The predicted molar refractivity (Wildman–Crippen MR) is 118 cm³/mol. The van der Waals surface area contributed by atoms with Crippen molar-refractivity contribution in [1.82, 2.24) is 9.97 Å². The van der Waals surface area contributed by atoms with Crippen LogP contribution in [0.4, 0.5) is 17.1 Å². The maximum atomic E-state index is 12.7. The molecular formula is C23H25N5O. The number of aromatic nitrogens is 2. The average molecular weight is 387 g/mol. The molecule has 0 saturated heterocycles. The number of anilines is 3. The first kappa shape index (κ1) is 20.1. The van der Waals surface area contributed by atoms with Gasteiger partial charge in [-0.2, -0.15) is 0 Å². The first-order valence-corrected chi connectivity index (χ1v) is 9.46. The van der Waals surface area contributed by atoms with Crippen molar-refractivity contribution in [2.24, 2.45) is 0 Å². The zero-order valence-corrected chi connectivity index (χ0v) is 16.7. The van der Waals surface area contributed by atoms with Gasteiger partial charge in [0.15, 0.2) is 0 Å². The molecule has 1 amide bonds. The van der Waals surface area contributed by atoms with Crippen LogP contribution < -0.4 is 16.4 Å². The van der Waals surface area contributed by atoms with Gasteiger partial charge in [0.05, 0.1) is 18.1 Å². The molecule has 6 nitrogen and oxygen atoms in total. The van der Waals surface area contributed by atoms with E-state index in [9.17, 15) is 4.79 Å². The summed E-state index contributed by atoms with van der Waals surface area (Å²) in [4.78, 5) is 21.4. The second kappa shape index (κ2) is 9.01. The molecule has 0 fully saturated rings. The average Bonchev–Trinajstić information content (AvgIpc) is 2.70. The number of rotatable bonds is 7. The summed E-state index contributed by atoms with van der Waals surface area (Å²) in [6.07, 6.45) is 4.62. The van der Waals surface area contributed by atoms with Crippen LogP contribution in [0.1, 0.15) is 40.7 Å². The summed E-state index contributed by atoms with van der Waals surface area (Å²) in [5.74, 6) is 0.453. The van der Waals surface area contributed by atoms with Gasteiger partial charge in [0.25, 0.3) is 5.91 Å². The molecule has 0 aliphatic rings. The van der Waals surface area contributed by atoms with Gasteiger partial charge in [0.1, 0.15) is 5.82 Å². The van der Waals surface area contributed by atoms with Crippen molar-refractivity contribution >= 4 is 23.0 Å². The Kier molecular flexibility index (Phi) is 6.24. The maximum Gasteiger partial charge on any atom is 0.256 e. The zero-order chi connectivity index (χ0) is 20.8. The molecule has 0 radical (unpaired) electrons. The van der Waals surface area contributed by atoms with Crippen molar-refractivity contribution in [3.05, 3.63) is 89.6 Å². The van der Waals surface area contributed by atoms with Crippen molar-refractivity contribution in [3.8, 4) is 0 Å². The van der Waals surface area contributed by atoms with E-state index >= 15 is 0 Å². The number of carbonyl (C=O) groups excluding carboxylic acids is 1. The Balaban J connectivity index is 1.69. The Hall–Kier alpha value is -3.67. The Labute approximate surface area is 170 Å². The predicted octanol–water partition coefficient (Wildman–Crippen LogP) is 4.55. The van der Waals surface area contributed by atoms with Gasteiger partial charge in [-0.25, -0.2) is 9.97 Å². The van der Waals surface area contributed by atoms with Crippen LogP contribution in [0, 0.1) is 6.92 Å². The van der Waals surface area contributed by atoms with Gasteiger partial charge in [-0.1, -0.05) is 31.7 Å². The van der Waals surface area contributed by atoms with E-state index < -0.39 is 0 Å². The molecule has 29 heavy (non-hydrogen) atoms. The lowest BCUT2D eigenvalue weighted by Gasteiger charge is -2.12. The Morgan fingerprint density at radius 2 is 1.83 bits per heavy atom. The van der Waals surface area contributed by atoms with E-state index in [4.69, 9.17) is 5.73 Å². The summed E-state index contributed by atoms with van der Waals surface area (Å²) in [7, 11) is 0. The Bertz CT molecular complexity index is 1030. The summed E-state index contributed by atoms with van der Waals surface area (Å²) in [6.45, 7) is 7.86. The number of hydrogen-bond donors (Lipinski definition) is 3. The number of hydrogen-bond acceptors (Lipinski definition) is 5. The van der Waals surface area contributed by atoms with Gasteiger partial charge in [0, 0.05) is 29.1 Å². The van der Waals surface area contributed by atoms with Crippen LogP contribution in [0.2, 0.25) is 0 Å². The number of allylic oxidation sites excluding steroid dienone is 1. The quantitative estimate of drug-likeness (QED) is 0.517. The molecule has 3 rings (SSSR count). The van der Waals surface area contributed by atoms with Gasteiger partial charge < -0.3 is 16.4 Å². The van der Waals surface area contributed by atoms with Gasteiger partial charge in [-0.3, -0.25) is 4.79 Å². The summed E-state index contributed by atoms with van der Waals surface area (Å²) >= 11 is 0. The summed E-state index contributed by atoms with van der Waals surface area (Å²) < 4.78 is 0. The Morgan fingerprint density at radius 1 is 1.07 bits per heavy atom. The molecule has 148 valence electrons. The number of carbonyl (C=O) groups is 1. The monoisotopic (exact) mass is 387 g/mol. The maximum absolute atomic E-state index is 12.7. The topological polar surface area (TPSA) is 92.9 Å². The van der Waals surface area contributed by atoms with Crippen molar-refractivity contribution in [2.75, 3.05) is 16.4 Å². The third-order valence-electron chi connectivity index (χ3n) is 4.51. The summed E-state index contributed by atoms with van der Waals surface area (Å²) in [5, 5.41) is 6.06. The number of nitrogens with two attached hydrogens (primary N) is 1. The fourth-order valence-electron chi connectivity index (χ4n) is 2.83. The van der Waals surface area contributed by atoms with Gasteiger partial charge >= 0.3 is 0 Å². The lowest BCUT2D eigenvalue weighted by atomic mass is 10.1. The van der Waals surface area contributed by atoms with Gasteiger partial charge in [-0.15, -0.1) is 0 Å². The van der Waals surface area contributed by atoms with Crippen LogP contribution >= 0.6 is 0 Å². The number of nitrogens with one attached hydrogen (secondary N) is 2. The minimum absolute atomic E-state index is 0.208. The summed E-state index contributed by atoms with van der Waals surface area (Å²) in [6, 6.07) is 13.3. The SMILES string of the molecule is C=C(CC)Nc1ccc(C)c(C(=O)Nc2cnc(Cc3cccc(N)c3)nc2)c1. The molecular weight excluding hydrogens is 362 g/mol. The second-order valence-corrected chi connectivity index (χ2v) is 6.88. The van der Waals surface area contributed by atoms with Crippen molar-refractivity contribution < 1.29 is 4.79 Å². The van der Waals surface area contributed by atoms with Crippen LogP contribution in [-0.4, -0.2) is 15.9 Å². The van der Waals surface area contributed by atoms with E-state index in [1.54, 1.807) is 12.4 Å². The third-order valence-corrected chi connectivity index (χ3v) is 4.51. The minimum Gasteiger partial charge on any atom is -0.399 e. The summed E-state index contributed by atoms with van der Waals surface area (Å²) in [5.41, 5.74) is 11.3. The fourth-order valence-corrected chi connectivity index (χ4v) is 2.83. The number of amides is 1. The molecule has 0 saturated carbocycles. The van der Waals surface area contributed by atoms with E-state index in [-0.39, 0.29) is 5.91 Å². The van der Waals surface area contributed by atoms with E-state index in [1.165, 1.54) is 0 Å². The van der Waals surface area contributed by atoms with Crippen LogP contribution in [0.15, 0.2) is 67.1 Å². The van der Waals surface area contributed by atoms with Crippen molar-refractivity contribution in [1.29, 1.82) is 0 Å². The van der Waals surface area contributed by atoms with Crippen LogP contribution in [0.25, 0.3) is 0 Å². The lowest BCUT2D eigenvalue weighted by molar-refractivity contribution is 0.102. The third kappa shape index (κ3) is 5.42. The zero-order valence-electron chi connectivity index (χ0n) is 16.7. The van der Waals surface area contributed by atoms with Gasteiger partial charge in [-0.05, 0) is 48.7 Å². The van der Waals surface area contributed by atoms with E-state index in [1.807, 2.05) is 56.3 Å². The fraction of sp³-hybridized carbons (Fsp3) is 0.174. The molecule has 0 atom stereocenters. The normalized spacial score (nSPS) is 10.4. The molecule has 6 heteroatoms. The lowest BCUT2D eigenvalue weighted by Crippen LogP contribution is -2.14. The standard InChI is InChI=1S/C23H25N5O/c1-4-16(3)27-19-9-8-15(2)21(12-19)23(29)28-20-13-25-22(26-14-20)11-17-6-5-7-18(24)10-17/h5-10,12-14,27H,3-4,11,24H2,1-2H3,(H,28,29). The molecule has 3 aromatic rings. The molecule has 2 aromatic carbocycles. The van der Waals surface area contributed by atoms with E-state index in [2.05, 4.69) is 27.2 Å². The highest BCUT2D eigenvalue weighted by molar-refractivity contribution is 6.05. The highest BCUT2D eigenvalue weighted by Gasteiger charge is 2.11. The highest BCUT2D eigenvalue weighted by atomic mass is 16.1. The highest BCUT2D eigenvalue weighted by Crippen LogP contribution is 2.19. The van der Waals surface area contributed by atoms with Crippen molar-refractivity contribution in [2.45, 2.75) is 26.7 Å². The number of nitrogen functional groups attached to an aromatic ring is 1. The largest absolute Gasteiger partial charge is 0.399 e. The van der Waals surface area contributed by atoms with Crippen LogP contribution in [-0.2, 0) is 6.42 Å². The minimum atomic E-state index is -0.208. The molecule has 0 unspecified atom stereocenters. The molecule has 1 aromatic heterocycles. The molecule has 0 bridgehead atoms. The van der Waals surface area contributed by atoms with Crippen LogP contribution in [0.3, 0.4) is 0 Å². The van der Waals surface area contributed by atoms with Gasteiger partial charge in [0.2, 0.25) is 0 Å².